The highest BCUT2D eigenvalue weighted by atomic mass is 32.2. The number of aryl methyl sites for hydroxylation is 1. The van der Waals surface area contributed by atoms with E-state index in [4.69, 9.17) is 4.55 Å². The maximum absolute atomic E-state index is 12.3. The molecule has 0 saturated heterocycles. The third-order valence-electron chi connectivity index (χ3n) is 6.35. The van der Waals surface area contributed by atoms with E-state index in [1.807, 2.05) is 30.3 Å². The Labute approximate surface area is 251 Å². The number of fused-ring (bicyclic) bond motifs is 1. The molecule has 0 spiro atoms. The van der Waals surface area contributed by atoms with Gasteiger partial charge in [-0.3, -0.25) is 9.11 Å². The second kappa shape index (κ2) is 11.8. The Morgan fingerprint density at radius 3 is 2.00 bits per heavy atom. The first kappa shape index (κ1) is 30.2. The molecule has 5 rings (SSSR count). The highest BCUT2D eigenvalue weighted by Gasteiger charge is 2.22. The molecular formula is C29H23N5O8S2. The van der Waals surface area contributed by atoms with E-state index in [2.05, 4.69) is 25.8 Å². The first-order chi connectivity index (χ1) is 20.8. The number of nitrogens with zero attached hydrogens (tertiary/aromatic N) is 4. The summed E-state index contributed by atoms with van der Waals surface area (Å²) >= 11 is 0. The SMILES string of the molecule is Cc1cc(/N=N\c2c(S(=O)(=O)O)cc3cc(Nc4ccccc4)ccc3c2O)c(O)cc1/N=N/c1ccc(S(=O)(=O)O)cc1. The Bertz CT molecular complexity index is 2170. The van der Waals surface area contributed by atoms with Gasteiger partial charge in [0.15, 0.2) is 5.75 Å². The van der Waals surface area contributed by atoms with Gasteiger partial charge in [0.2, 0.25) is 0 Å². The van der Waals surface area contributed by atoms with Gasteiger partial charge in [-0.25, -0.2) is 0 Å². The maximum Gasteiger partial charge on any atom is 0.296 e. The van der Waals surface area contributed by atoms with Gasteiger partial charge >= 0.3 is 0 Å². The van der Waals surface area contributed by atoms with Crippen molar-refractivity contribution in [1.29, 1.82) is 0 Å². The quantitative estimate of drug-likeness (QED) is 0.0838. The first-order valence-corrected chi connectivity index (χ1v) is 15.5. The first-order valence-electron chi connectivity index (χ1n) is 12.6. The maximum atomic E-state index is 12.3. The molecule has 5 N–H and O–H groups in total. The zero-order valence-corrected chi connectivity index (χ0v) is 24.3. The van der Waals surface area contributed by atoms with Gasteiger partial charge in [0.05, 0.1) is 16.3 Å². The van der Waals surface area contributed by atoms with Crippen LogP contribution < -0.4 is 5.32 Å². The van der Waals surface area contributed by atoms with Crippen molar-refractivity contribution in [2.75, 3.05) is 5.32 Å². The Morgan fingerprint density at radius 1 is 0.659 bits per heavy atom. The molecule has 5 aromatic rings. The number of aromatic hydroxyl groups is 2. The fourth-order valence-corrected chi connectivity index (χ4v) is 5.31. The average Bonchev–Trinajstić information content (AvgIpc) is 2.97. The molecule has 0 radical (unpaired) electrons. The second-order valence-electron chi connectivity index (χ2n) is 9.47. The van der Waals surface area contributed by atoms with Crippen LogP contribution in [0.5, 0.6) is 11.5 Å². The third-order valence-corrected chi connectivity index (χ3v) is 8.08. The summed E-state index contributed by atoms with van der Waals surface area (Å²) in [5.41, 5.74) is 1.74. The van der Waals surface area contributed by atoms with Crippen LogP contribution in [0.3, 0.4) is 0 Å². The van der Waals surface area contributed by atoms with Crippen molar-refractivity contribution in [3.63, 3.8) is 0 Å². The fourth-order valence-electron chi connectivity index (χ4n) is 4.17. The van der Waals surface area contributed by atoms with Crippen LogP contribution in [0.4, 0.5) is 34.1 Å². The number of anilines is 2. The lowest BCUT2D eigenvalue weighted by molar-refractivity contribution is 0.471. The second-order valence-corrected chi connectivity index (χ2v) is 12.3. The number of azo groups is 2. The molecule has 0 aromatic heterocycles. The Kier molecular flexibility index (Phi) is 8.12. The van der Waals surface area contributed by atoms with E-state index < -0.39 is 42.3 Å². The fraction of sp³-hybridized carbons (Fsp3) is 0.0345. The Balaban J connectivity index is 1.46. The number of phenols is 2. The van der Waals surface area contributed by atoms with E-state index in [0.717, 1.165) is 23.9 Å². The number of hydrogen-bond acceptors (Lipinski definition) is 11. The molecule has 0 amide bonds. The topological polar surface area (TPSA) is 211 Å². The molecule has 0 atom stereocenters. The van der Waals surface area contributed by atoms with E-state index in [-0.39, 0.29) is 27.3 Å². The largest absolute Gasteiger partial charge is 0.506 e. The van der Waals surface area contributed by atoms with Crippen molar-refractivity contribution in [3.8, 4) is 11.5 Å². The summed E-state index contributed by atoms with van der Waals surface area (Å²) in [6.45, 7) is 1.63. The standard InChI is InChI=1S/C29H23N5O8S2/c1-17-13-25(26(35)16-24(17)32-31-20-7-10-22(11-8-20)43(37,38)39)33-34-28-27(44(40,41)42)15-18-14-21(9-12-23(18)29(28)36)30-19-5-3-2-4-6-19/h2-16,30,35-36H,1H3,(H,37,38,39)(H,40,41,42)/b32-31+,34-33-. The molecule has 0 bridgehead atoms. The molecule has 0 heterocycles. The molecule has 0 fully saturated rings. The minimum atomic E-state index is -4.86. The highest BCUT2D eigenvalue weighted by molar-refractivity contribution is 7.86. The van der Waals surface area contributed by atoms with E-state index in [0.29, 0.717) is 16.6 Å². The zero-order chi connectivity index (χ0) is 31.6. The summed E-state index contributed by atoms with van der Waals surface area (Å²) in [4.78, 5) is -0.996. The molecule has 13 nitrogen and oxygen atoms in total. The monoisotopic (exact) mass is 633 g/mol. The van der Waals surface area contributed by atoms with Gasteiger partial charge in [-0.15, -0.1) is 10.2 Å². The van der Waals surface area contributed by atoms with Crippen LogP contribution in [0.15, 0.2) is 121 Å². The van der Waals surface area contributed by atoms with E-state index in [1.54, 1.807) is 25.1 Å². The van der Waals surface area contributed by atoms with Gasteiger partial charge < -0.3 is 15.5 Å². The molecule has 0 aliphatic carbocycles. The summed E-state index contributed by atoms with van der Waals surface area (Å²) in [7, 11) is -9.22. The normalized spacial score (nSPS) is 12.3. The Hall–Kier alpha value is -5.22. The average molecular weight is 634 g/mol. The minimum Gasteiger partial charge on any atom is -0.506 e. The lowest BCUT2D eigenvalue weighted by Gasteiger charge is -2.11. The van der Waals surface area contributed by atoms with Gasteiger partial charge in [-0.05, 0) is 84.6 Å². The minimum absolute atomic E-state index is 0.0952. The number of nitrogens with one attached hydrogen (secondary N) is 1. The van der Waals surface area contributed by atoms with Crippen LogP contribution in [0.2, 0.25) is 0 Å². The zero-order valence-electron chi connectivity index (χ0n) is 22.7. The molecule has 224 valence electrons. The van der Waals surface area contributed by atoms with Crippen molar-refractivity contribution in [2.24, 2.45) is 20.5 Å². The predicted octanol–water partition coefficient (Wildman–Crippen LogP) is 7.63. The van der Waals surface area contributed by atoms with E-state index >= 15 is 0 Å². The summed E-state index contributed by atoms with van der Waals surface area (Å²) < 4.78 is 65.9. The Morgan fingerprint density at radius 2 is 1.34 bits per heavy atom. The number of para-hydroxylation sites is 1. The number of rotatable bonds is 8. The molecule has 0 aliphatic heterocycles. The van der Waals surface area contributed by atoms with Crippen LogP contribution in [0, 0.1) is 6.92 Å². The van der Waals surface area contributed by atoms with Crippen LogP contribution in [0.1, 0.15) is 5.56 Å². The van der Waals surface area contributed by atoms with E-state index in [1.165, 1.54) is 24.3 Å². The smallest absolute Gasteiger partial charge is 0.296 e. The van der Waals surface area contributed by atoms with Gasteiger partial charge in [0.25, 0.3) is 20.2 Å². The van der Waals surface area contributed by atoms with E-state index in [9.17, 15) is 31.6 Å². The molecule has 0 aliphatic rings. The summed E-state index contributed by atoms with van der Waals surface area (Å²) in [5, 5.41) is 41.1. The summed E-state index contributed by atoms with van der Waals surface area (Å²) in [5.74, 6) is -0.952. The van der Waals surface area contributed by atoms with Crippen molar-refractivity contribution >= 4 is 65.1 Å². The molecule has 5 aromatic carbocycles. The van der Waals surface area contributed by atoms with Crippen molar-refractivity contribution in [1.82, 2.24) is 0 Å². The van der Waals surface area contributed by atoms with Crippen molar-refractivity contribution in [2.45, 2.75) is 16.7 Å². The number of phenolic OH excluding ortho intramolecular Hbond substituents is 2. The highest BCUT2D eigenvalue weighted by Crippen LogP contribution is 2.43. The molecule has 15 heteroatoms. The number of hydrogen-bond donors (Lipinski definition) is 5. The van der Waals surface area contributed by atoms with Crippen molar-refractivity contribution in [3.05, 3.63) is 96.6 Å². The predicted molar refractivity (Wildman–Crippen MR) is 163 cm³/mol. The van der Waals surface area contributed by atoms with Gasteiger partial charge in [0, 0.05) is 22.8 Å². The molecular weight excluding hydrogens is 610 g/mol. The van der Waals surface area contributed by atoms with Gasteiger partial charge in [-0.2, -0.15) is 27.1 Å². The molecule has 0 saturated carbocycles. The van der Waals surface area contributed by atoms with Crippen LogP contribution in [-0.2, 0) is 20.2 Å². The molecule has 44 heavy (non-hydrogen) atoms. The third kappa shape index (κ3) is 6.71. The summed E-state index contributed by atoms with van der Waals surface area (Å²) in [6, 6.07) is 22.8. The lowest BCUT2D eigenvalue weighted by atomic mass is 10.1. The lowest BCUT2D eigenvalue weighted by Crippen LogP contribution is -1.99. The summed E-state index contributed by atoms with van der Waals surface area (Å²) in [6.07, 6.45) is 0. The van der Waals surface area contributed by atoms with Crippen LogP contribution in [0.25, 0.3) is 10.8 Å². The van der Waals surface area contributed by atoms with Crippen LogP contribution in [-0.4, -0.2) is 36.2 Å². The van der Waals surface area contributed by atoms with Crippen molar-refractivity contribution < 1.29 is 36.2 Å². The van der Waals surface area contributed by atoms with Gasteiger partial charge in [-0.1, -0.05) is 18.2 Å². The molecule has 0 unspecified atom stereocenters. The van der Waals surface area contributed by atoms with Crippen LogP contribution >= 0.6 is 0 Å². The number of benzene rings is 5. The van der Waals surface area contributed by atoms with Gasteiger partial charge in [0.1, 0.15) is 22.0 Å².